The van der Waals surface area contributed by atoms with Crippen molar-refractivity contribution < 1.29 is 0 Å². The minimum absolute atomic E-state index is 0.578. The van der Waals surface area contributed by atoms with Crippen molar-refractivity contribution in [3.63, 3.8) is 0 Å². The maximum Gasteiger partial charge on any atom is 0.124 e. The summed E-state index contributed by atoms with van der Waals surface area (Å²) >= 11 is 3.60. The number of hydrogen-bond acceptors (Lipinski definition) is 3. The molecule has 2 unspecified atom stereocenters. The Balaban J connectivity index is 1.32. The van der Waals surface area contributed by atoms with Crippen LogP contribution in [0.2, 0.25) is 0 Å². The molecule has 34 heavy (non-hydrogen) atoms. The first-order valence-electron chi connectivity index (χ1n) is 12.1. The molecule has 0 aliphatic heterocycles. The minimum Gasteiger partial charge on any atom is -0.378 e. The van der Waals surface area contributed by atoms with Crippen LogP contribution in [0.5, 0.6) is 0 Å². The van der Waals surface area contributed by atoms with E-state index in [1.54, 1.807) is 0 Å². The van der Waals surface area contributed by atoms with Crippen molar-refractivity contribution in [2.24, 2.45) is 5.92 Å². The molecule has 1 aliphatic rings. The highest BCUT2D eigenvalue weighted by molar-refractivity contribution is 9.10. The molecule has 1 aromatic heterocycles. The number of hydrogen-bond donors (Lipinski definition) is 1. The van der Waals surface area contributed by atoms with Gasteiger partial charge >= 0.3 is 0 Å². The summed E-state index contributed by atoms with van der Waals surface area (Å²) in [5, 5.41) is 8.21. The zero-order valence-electron chi connectivity index (χ0n) is 20.5. The lowest BCUT2D eigenvalue weighted by atomic mass is 10.1. The molecule has 0 radical (unpaired) electrons. The zero-order chi connectivity index (χ0) is 24.1. The Labute approximate surface area is 212 Å². The van der Waals surface area contributed by atoms with Gasteiger partial charge in [-0.15, -0.1) is 0 Å². The second-order valence-corrected chi connectivity index (χ2v) is 10.1. The van der Waals surface area contributed by atoms with Gasteiger partial charge in [0.05, 0.1) is 16.4 Å². The average molecular weight is 520 g/mol. The van der Waals surface area contributed by atoms with Gasteiger partial charge in [0.25, 0.3) is 0 Å². The monoisotopic (exact) mass is 518 g/mol. The van der Waals surface area contributed by atoms with Crippen molar-refractivity contribution in [2.75, 3.05) is 20.1 Å². The molecule has 4 nitrogen and oxygen atoms in total. The third kappa shape index (κ3) is 5.82. The van der Waals surface area contributed by atoms with E-state index in [4.69, 9.17) is 0 Å². The molecule has 2 atom stereocenters. The molecule has 2 aromatic carbocycles. The van der Waals surface area contributed by atoms with Gasteiger partial charge in [-0.1, -0.05) is 61.2 Å². The van der Waals surface area contributed by atoms with Gasteiger partial charge in [0.2, 0.25) is 0 Å². The Bertz CT molecular complexity index is 1150. The fourth-order valence-electron chi connectivity index (χ4n) is 4.50. The predicted molar refractivity (Wildman–Crippen MR) is 145 cm³/mol. The first kappa shape index (κ1) is 24.3. The van der Waals surface area contributed by atoms with Gasteiger partial charge in [0.15, 0.2) is 0 Å². The summed E-state index contributed by atoms with van der Waals surface area (Å²) in [7, 11) is 2.17. The van der Waals surface area contributed by atoms with Crippen molar-refractivity contribution >= 4 is 21.8 Å². The van der Waals surface area contributed by atoms with Gasteiger partial charge in [0, 0.05) is 31.8 Å². The van der Waals surface area contributed by atoms with E-state index >= 15 is 0 Å². The minimum atomic E-state index is 0.578. The van der Waals surface area contributed by atoms with Crippen LogP contribution in [0, 0.1) is 19.8 Å². The van der Waals surface area contributed by atoms with Crippen molar-refractivity contribution in [1.29, 1.82) is 0 Å². The topological polar surface area (TPSA) is 33.1 Å². The lowest BCUT2D eigenvalue weighted by Crippen LogP contribution is -2.26. The molecule has 178 valence electrons. The highest BCUT2D eigenvalue weighted by atomic mass is 79.9. The van der Waals surface area contributed by atoms with E-state index in [1.807, 2.05) is 10.9 Å². The highest BCUT2D eigenvalue weighted by Gasteiger charge is 2.41. The summed E-state index contributed by atoms with van der Waals surface area (Å²) in [6, 6.07) is 19.4. The number of halogens is 1. The summed E-state index contributed by atoms with van der Waals surface area (Å²) < 4.78 is 3.00. The second kappa shape index (κ2) is 11.1. The van der Waals surface area contributed by atoms with E-state index in [0.29, 0.717) is 11.8 Å². The normalized spacial score (nSPS) is 17.5. The van der Waals surface area contributed by atoms with Crippen molar-refractivity contribution in [3.05, 3.63) is 106 Å². The van der Waals surface area contributed by atoms with Crippen LogP contribution in [0.15, 0.2) is 83.6 Å². The van der Waals surface area contributed by atoms with Gasteiger partial charge in [0.1, 0.15) is 5.82 Å². The SMILES string of the molecule is C=C(C1CC1c1ccccc1)N(C)CCCN/C(=C/Cc1ccccc1C)n1ncc(Br)c1C. The van der Waals surface area contributed by atoms with E-state index in [1.165, 1.54) is 28.8 Å². The van der Waals surface area contributed by atoms with Crippen LogP contribution in [0.25, 0.3) is 5.82 Å². The molecule has 3 aromatic rings. The second-order valence-electron chi connectivity index (χ2n) is 9.26. The molecule has 0 amide bonds. The van der Waals surface area contributed by atoms with E-state index < -0.39 is 0 Å². The smallest absolute Gasteiger partial charge is 0.124 e. The molecule has 4 rings (SSSR count). The Morgan fingerprint density at radius 3 is 2.62 bits per heavy atom. The Kier molecular flexibility index (Phi) is 7.94. The summed E-state index contributed by atoms with van der Waals surface area (Å²) in [5.74, 6) is 2.24. The van der Waals surface area contributed by atoms with E-state index in [9.17, 15) is 0 Å². The molecule has 5 heteroatoms. The van der Waals surface area contributed by atoms with Crippen molar-refractivity contribution in [3.8, 4) is 0 Å². The lowest BCUT2D eigenvalue weighted by molar-refractivity contribution is 0.386. The van der Waals surface area contributed by atoms with Crippen molar-refractivity contribution in [2.45, 2.75) is 39.0 Å². The molecule has 1 aliphatic carbocycles. The van der Waals surface area contributed by atoms with Crippen LogP contribution < -0.4 is 5.32 Å². The largest absolute Gasteiger partial charge is 0.378 e. The molecular weight excluding hydrogens is 484 g/mol. The molecule has 1 N–H and O–H groups in total. The first-order chi connectivity index (χ1) is 16.5. The fourth-order valence-corrected chi connectivity index (χ4v) is 4.76. The number of aryl methyl sites for hydroxylation is 1. The summed E-state index contributed by atoms with van der Waals surface area (Å²) in [5.41, 5.74) is 6.43. The van der Waals surface area contributed by atoms with Crippen LogP contribution in [0.3, 0.4) is 0 Å². The van der Waals surface area contributed by atoms with Gasteiger partial charge in [-0.3, -0.25) is 0 Å². The first-order valence-corrected chi connectivity index (χ1v) is 12.9. The van der Waals surface area contributed by atoms with E-state index in [2.05, 4.69) is 119 Å². The lowest BCUT2D eigenvalue weighted by Gasteiger charge is -2.22. The third-order valence-corrected chi connectivity index (χ3v) is 7.65. The molecule has 1 fully saturated rings. The molecule has 1 saturated carbocycles. The quantitative estimate of drug-likeness (QED) is 0.293. The summed E-state index contributed by atoms with van der Waals surface area (Å²) in [4.78, 5) is 2.34. The van der Waals surface area contributed by atoms with E-state index in [0.717, 1.165) is 41.9 Å². The summed E-state index contributed by atoms with van der Waals surface area (Å²) in [6.45, 7) is 10.5. The van der Waals surface area contributed by atoms with Gasteiger partial charge in [-0.05, 0) is 77.7 Å². The fraction of sp³-hybridized carbons (Fsp3) is 0.345. The van der Waals surface area contributed by atoms with Crippen LogP contribution in [0.1, 0.15) is 41.1 Å². The Morgan fingerprint density at radius 2 is 1.91 bits per heavy atom. The number of aromatic nitrogens is 2. The maximum atomic E-state index is 4.58. The number of allylic oxidation sites excluding steroid dienone is 2. The Morgan fingerprint density at radius 1 is 1.18 bits per heavy atom. The number of rotatable bonds is 11. The molecule has 1 heterocycles. The third-order valence-electron chi connectivity index (χ3n) is 6.87. The Hall–Kier alpha value is -2.79. The molecule has 0 saturated heterocycles. The number of nitrogens with one attached hydrogen (secondary N) is 1. The molecule has 0 spiro atoms. The van der Waals surface area contributed by atoms with Gasteiger partial charge < -0.3 is 10.2 Å². The van der Waals surface area contributed by atoms with Crippen molar-refractivity contribution in [1.82, 2.24) is 20.0 Å². The zero-order valence-corrected chi connectivity index (χ0v) is 22.1. The standard InChI is InChI=1S/C29H35BrN4/c1-21-11-8-9-12-24(21)15-16-29(34-23(3)28(30)20-32-34)31-17-10-18-33(4)22(2)26-19-27(26)25-13-6-5-7-14-25/h5-9,11-14,16,20,26-27,31H,2,10,15,17-19H2,1,3-4H3/b29-16-. The maximum absolute atomic E-state index is 4.58. The molecular formula is C29H35BrN4. The number of benzene rings is 2. The predicted octanol–water partition coefficient (Wildman–Crippen LogP) is 6.53. The van der Waals surface area contributed by atoms with Crippen LogP contribution in [-0.4, -0.2) is 34.8 Å². The van der Waals surface area contributed by atoms with Crippen LogP contribution in [0.4, 0.5) is 0 Å². The van der Waals surface area contributed by atoms with E-state index in [-0.39, 0.29) is 0 Å². The molecule has 0 bridgehead atoms. The highest BCUT2D eigenvalue weighted by Crippen LogP contribution is 2.51. The summed E-state index contributed by atoms with van der Waals surface area (Å²) in [6.07, 6.45) is 7.21. The van der Waals surface area contributed by atoms with Crippen LogP contribution >= 0.6 is 15.9 Å². The number of nitrogens with zero attached hydrogens (tertiary/aromatic N) is 3. The van der Waals surface area contributed by atoms with Gasteiger partial charge in [-0.25, -0.2) is 4.68 Å². The van der Waals surface area contributed by atoms with Gasteiger partial charge in [-0.2, -0.15) is 5.10 Å². The average Bonchev–Trinajstić information content (AvgIpc) is 3.59. The van der Waals surface area contributed by atoms with Crippen LogP contribution in [-0.2, 0) is 6.42 Å².